The number of nitrogens with one attached hydrogen (secondary N) is 1. The molecule has 0 spiro atoms. The molecule has 0 amide bonds. The predicted octanol–water partition coefficient (Wildman–Crippen LogP) is 1.60. The highest BCUT2D eigenvalue weighted by Crippen LogP contribution is 2.30. The van der Waals surface area contributed by atoms with Crippen molar-refractivity contribution in [1.82, 2.24) is 15.0 Å². The molecule has 0 bridgehead atoms. The molecule has 101 valence electrons. The first-order valence-corrected chi connectivity index (χ1v) is 7.10. The van der Waals surface area contributed by atoms with E-state index in [-0.39, 0.29) is 11.9 Å². The average Bonchev–Trinajstić information content (AvgIpc) is 2.67. The zero-order valence-corrected chi connectivity index (χ0v) is 12.3. The molecule has 19 heavy (non-hydrogen) atoms. The van der Waals surface area contributed by atoms with Crippen molar-refractivity contribution in [1.29, 1.82) is 0 Å². The lowest BCUT2D eigenvalue weighted by atomic mass is 9.79. The Morgan fingerprint density at radius 2 is 2.47 bits per heavy atom. The van der Waals surface area contributed by atoms with Crippen LogP contribution in [0.1, 0.15) is 24.7 Å². The number of ether oxygens (including phenoxy) is 1. The van der Waals surface area contributed by atoms with E-state index in [9.17, 15) is 0 Å². The molecule has 2 atom stereocenters. The standard InChI is InChI=1S/C12H19B2ClN3O/c1-8(16-14-2)6-19-7-10-12(15)11-5-9(13)3-4-18(11)17-10/h8-9,16H,3-7H2,1-2H3/t8-,9?/m0/s1. The smallest absolute Gasteiger partial charge is 0.202 e. The lowest BCUT2D eigenvalue weighted by molar-refractivity contribution is 0.105. The van der Waals surface area contributed by atoms with Gasteiger partial charge in [-0.15, -0.1) is 0 Å². The van der Waals surface area contributed by atoms with E-state index in [1.54, 1.807) is 0 Å². The quantitative estimate of drug-likeness (QED) is 0.803. The first kappa shape index (κ1) is 14.9. The third kappa shape index (κ3) is 3.77. The first-order chi connectivity index (χ1) is 9.11. The lowest BCUT2D eigenvalue weighted by Crippen LogP contribution is -2.32. The summed E-state index contributed by atoms with van der Waals surface area (Å²) in [6, 6.07) is 0.287. The van der Waals surface area contributed by atoms with Crippen molar-refractivity contribution in [2.24, 2.45) is 0 Å². The van der Waals surface area contributed by atoms with Gasteiger partial charge in [-0.25, -0.2) is 0 Å². The first-order valence-electron chi connectivity index (χ1n) is 6.73. The van der Waals surface area contributed by atoms with E-state index in [4.69, 9.17) is 24.2 Å². The minimum absolute atomic E-state index is 0.194. The summed E-state index contributed by atoms with van der Waals surface area (Å²) in [6.07, 6.45) is 1.76. The van der Waals surface area contributed by atoms with Crippen LogP contribution in [-0.4, -0.2) is 37.7 Å². The number of aryl methyl sites for hydroxylation is 1. The summed E-state index contributed by atoms with van der Waals surface area (Å²) >= 11 is 6.34. The third-order valence-electron chi connectivity index (χ3n) is 3.28. The summed E-state index contributed by atoms with van der Waals surface area (Å²) in [5.41, 5.74) is 1.87. The highest BCUT2D eigenvalue weighted by molar-refractivity contribution is 6.32. The van der Waals surface area contributed by atoms with Crippen LogP contribution in [0.25, 0.3) is 0 Å². The molecule has 1 aliphatic heterocycles. The molecule has 0 saturated carbocycles. The lowest BCUT2D eigenvalue weighted by Gasteiger charge is -2.19. The van der Waals surface area contributed by atoms with E-state index in [1.807, 2.05) is 18.9 Å². The molecule has 0 aliphatic carbocycles. The van der Waals surface area contributed by atoms with Gasteiger partial charge in [0, 0.05) is 12.6 Å². The third-order valence-corrected chi connectivity index (χ3v) is 3.72. The largest absolute Gasteiger partial charge is 0.373 e. The zero-order valence-electron chi connectivity index (χ0n) is 11.5. The molecule has 0 aromatic carbocycles. The fourth-order valence-electron chi connectivity index (χ4n) is 2.31. The normalized spacial score (nSPS) is 20.1. The van der Waals surface area contributed by atoms with Crippen molar-refractivity contribution < 1.29 is 4.74 Å². The van der Waals surface area contributed by atoms with Gasteiger partial charge in [-0.2, -0.15) is 5.10 Å². The monoisotopic (exact) mass is 278 g/mol. The van der Waals surface area contributed by atoms with Crippen LogP contribution in [0, 0.1) is 0 Å². The molecule has 2 rings (SSSR count). The van der Waals surface area contributed by atoms with Crippen LogP contribution in [0.2, 0.25) is 17.7 Å². The van der Waals surface area contributed by atoms with Gasteiger partial charge in [-0.1, -0.05) is 24.2 Å². The Labute approximate surface area is 121 Å². The van der Waals surface area contributed by atoms with Crippen LogP contribution >= 0.6 is 11.6 Å². The van der Waals surface area contributed by atoms with Gasteiger partial charge in [-0.3, -0.25) is 4.68 Å². The number of fused-ring (bicyclic) bond motifs is 1. The maximum absolute atomic E-state index is 6.34. The van der Waals surface area contributed by atoms with Crippen LogP contribution in [0.3, 0.4) is 0 Å². The number of aromatic nitrogens is 2. The average molecular weight is 278 g/mol. The second-order valence-electron chi connectivity index (χ2n) is 5.05. The van der Waals surface area contributed by atoms with Crippen molar-refractivity contribution in [3.8, 4) is 0 Å². The summed E-state index contributed by atoms with van der Waals surface area (Å²) in [6.45, 7) is 5.95. The number of halogens is 1. The summed E-state index contributed by atoms with van der Waals surface area (Å²) in [5.74, 6) is 0.194. The maximum atomic E-state index is 6.34. The van der Waals surface area contributed by atoms with Crippen molar-refractivity contribution in [2.75, 3.05) is 6.61 Å². The molecule has 7 heteroatoms. The highest BCUT2D eigenvalue weighted by Gasteiger charge is 2.22. The van der Waals surface area contributed by atoms with E-state index in [0.717, 1.165) is 35.8 Å². The number of rotatable bonds is 6. The predicted molar refractivity (Wildman–Crippen MR) is 78.9 cm³/mol. The van der Waals surface area contributed by atoms with E-state index in [0.29, 0.717) is 13.2 Å². The molecule has 1 N–H and O–H groups in total. The van der Waals surface area contributed by atoms with Crippen LogP contribution in [0.15, 0.2) is 0 Å². The van der Waals surface area contributed by atoms with Gasteiger partial charge >= 0.3 is 0 Å². The zero-order chi connectivity index (χ0) is 13.8. The van der Waals surface area contributed by atoms with Crippen molar-refractivity contribution in [3.05, 3.63) is 16.4 Å². The van der Waals surface area contributed by atoms with Crippen molar-refractivity contribution in [3.63, 3.8) is 0 Å². The molecule has 4 nitrogen and oxygen atoms in total. The second-order valence-corrected chi connectivity index (χ2v) is 5.43. The van der Waals surface area contributed by atoms with E-state index >= 15 is 0 Å². The maximum Gasteiger partial charge on any atom is 0.202 e. The topological polar surface area (TPSA) is 39.1 Å². The van der Waals surface area contributed by atoms with Gasteiger partial charge in [0.1, 0.15) is 5.69 Å². The van der Waals surface area contributed by atoms with E-state index in [1.165, 1.54) is 0 Å². The Morgan fingerprint density at radius 3 is 3.21 bits per heavy atom. The number of hydrogen-bond donors (Lipinski definition) is 1. The second kappa shape index (κ2) is 6.82. The summed E-state index contributed by atoms with van der Waals surface area (Å²) in [7, 11) is 7.87. The molecule has 1 aromatic heterocycles. The Morgan fingerprint density at radius 1 is 1.68 bits per heavy atom. The van der Waals surface area contributed by atoms with Gasteiger partial charge in [0.2, 0.25) is 7.41 Å². The molecular weight excluding hydrogens is 259 g/mol. The Kier molecular flexibility index (Phi) is 5.37. The molecule has 0 saturated heterocycles. The Hall–Kier alpha value is -0.450. The van der Waals surface area contributed by atoms with Gasteiger partial charge in [0.05, 0.1) is 31.8 Å². The van der Waals surface area contributed by atoms with Gasteiger partial charge in [0.15, 0.2) is 0 Å². The van der Waals surface area contributed by atoms with Crippen molar-refractivity contribution >= 4 is 26.9 Å². The number of hydrogen-bond acceptors (Lipinski definition) is 3. The summed E-state index contributed by atoms with van der Waals surface area (Å²) in [4.78, 5) is 0. The summed E-state index contributed by atoms with van der Waals surface area (Å²) in [5, 5.41) is 8.40. The Balaban J connectivity index is 1.91. The van der Waals surface area contributed by atoms with E-state index in [2.05, 4.69) is 17.3 Å². The van der Waals surface area contributed by atoms with Gasteiger partial charge < -0.3 is 9.96 Å². The van der Waals surface area contributed by atoms with Crippen molar-refractivity contribution in [2.45, 2.75) is 51.6 Å². The van der Waals surface area contributed by atoms with Crippen LogP contribution in [0.5, 0.6) is 0 Å². The van der Waals surface area contributed by atoms with Crippen LogP contribution < -0.4 is 5.23 Å². The molecule has 2 heterocycles. The summed E-state index contributed by atoms with van der Waals surface area (Å²) < 4.78 is 7.61. The fraction of sp³-hybridized carbons (Fsp3) is 0.750. The minimum atomic E-state index is 0.194. The van der Waals surface area contributed by atoms with Gasteiger partial charge in [0.25, 0.3) is 0 Å². The fourth-order valence-corrected chi connectivity index (χ4v) is 2.57. The minimum Gasteiger partial charge on any atom is -0.373 e. The molecular formula is C12H19B2ClN3O. The molecule has 0 fully saturated rings. The number of nitrogens with zero attached hydrogens (tertiary/aromatic N) is 2. The SMILES string of the molecule is [B]C1CCn2nc(COC[C@H](C)N[B]C)c(Cl)c2C1. The van der Waals surface area contributed by atoms with Crippen LogP contribution in [0.4, 0.5) is 0 Å². The highest BCUT2D eigenvalue weighted by atomic mass is 35.5. The molecule has 1 unspecified atom stereocenters. The van der Waals surface area contributed by atoms with E-state index < -0.39 is 0 Å². The van der Waals surface area contributed by atoms with Crippen LogP contribution in [-0.2, 0) is 24.3 Å². The van der Waals surface area contributed by atoms with Gasteiger partial charge in [-0.05, 0) is 19.8 Å². The molecule has 1 aliphatic rings. The Bertz CT molecular complexity index is 427. The molecule has 1 aromatic rings. The molecule has 3 radical (unpaired) electrons.